The summed E-state index contributed by atoms with van der Waals surface area (Å²) in [6, 6.07) is 0. The predicted molar refractivity (Wildman–Crippen MR) is 72.4 cm³/mol. The van der Waals surface area contributed by atoms with Gasteiger partial charge in [-0.1, -0.05) is 6.92 Å². The molecule has 4 heteroatoms. The van der Waals surface area contributed by atoms with Crippen molar-refractivity contribution in [2.24, 2.45) is 10.4 Å². The smallest absolute Gasteiger partial charge is 0.191 e. The molecule has 98 valence electrons. The standard InChI is InChI=1S/C13H26N4/c1-13(5-9-17(2)10-6-13)11-16-12-14-7-3-4-8-15-12/h3-11H2,1-2H3,(H2,14,15,16). The second-order valence-electron chi connectivity index (χ2n) is 5.83. The number of aliphatic imine (C=N–C) groups is 1. The highest BCUT2D eigenvalue weighted by Crippen LogP contribution is 2.29. The Kier molecular flexibility index (Phi) is 4.26. The van der Waals surface area contributed by atoms with Crippen molar-refractivity contribution < 1.29 is 0 Å². The second kappa shape index (κ2) is 5.71. The number of piperidine rings is 1. The number of rotatable bonds is 2. The molecule has 0 atom stereocenters. The van der Waals surface area contributed by atoms with Crippen LogP contribution in [0.5, 0.6) is 0 Å². The largest absolute Gasteiger partial charge is 0.356 e. The molecule has 0 saturated carbocycles. The minimum absolute atomic E-state index is 0.434. The van der Waals surface area contributed by atoms with E-state index in [0.29, 0.717) is 5.41 Å². The molecule has 1 fully saturated rings. The summed E-state index contributed by atoms with van der Waals surface area (Å²) in [6.07, 6.45) is 5.00. The molecule has 0 aliphatic carbocycles. The summed E-state index contributed by atoms with van der Waals surface area (Å²) >= 11 is 0. The topological polar surface area (TPSA) is 39.7 Å². The summed E-state index contributed by atoms with van der Waals surface area (Å²) in [6.45, 7) is 7.91. The van der Waals surface area contributed by atoms with Crippen molar-refractivity contribution in [3.05, 3.63) is 0 Å². The maximum absolute atomic E-state index is 4.54. The first-order valence-corrected chi connectivity index (χ1v) is 6.89. The van der Waals surface area contributed by atoms with Gasteiger partial charge in [-0.3, -0.25) is 4.99 Å². The molecule has 0 radical (unpaired) electrons. The molecule has 17 heavy (non-hydrogen) atoms. The van der Waals surface area contributed by atoms with Crippen LogP contribution in [0.4, 0.5) is 0 Å². The zero-order chi connectivity index (χ0) is 12.1. The first-order valence-electron chi connectivity index (χ1n) is 6.89. The third-order valence-corrected chi connectivity index (χ3v) is 4.02. The maximum atomic E-state index is 4.54. The van der Waals surface area contributed by atoms with Crippen molar-refractivity contribution in [1.29, 1.82) is 0 Å². The van der Waals surface area contributed by atoms with Crippen LogP contribution < -0.4 is 10.6 Å². The molecule has 0 aromatic heterocycles. The summed E-state index contributed by atoms with van der Waals surface area (Å²) in [4.78, 5) is 6.96. The molecule has 2 aliphatic rings. The van der Waals surface area contributed by atoms with Crippen LogP contribution in [0.25, 0.3) is 0 Å². The highest BCUT2D eigenvalue weighted by atomic mass is 15.2. The molecule has 2 rings (SSSR count). The zero-order valence-corrected chi connectivity index (χ0v) is 11.3. The summed E-state index contributed by atoms with van der Waals surface area (Å²) in [7, 11) is 2.21. The number of nitrogens with zero attached hydrogens (tertiary/aromatic N) is 2. The number of guanidine groups is 1. The molecular formula is C13H26N4. The monoisotopic (exact) mass is 238 g/mol. The molecule has 2 heterocycles. The van der Waals surface area contributed by atoms with Crippen LogP contribution in [0.15, 0.2) is 4.99 Å². The van der Waals surface area contributed by atoms with E-state index in [2.05, 4.69) is 34.5 Å². The van der Waals surface area contributed by atoms with Crippen LogP contribution in [0, 0.1) is 5.41 Å². The van der Waals surface area contributed by atoms with Crippen LogP contribution in [-0.4, -0.2) is 50.6 Å². The molecule has 0 unspecified atom stereocenters. The highest BCUT2D eigenvalue weighted by molar-refractivity contribution is 5.79. The molecule has 1 saturated heterocycles. The lowest BCUT2D eigenvalue weighted by Crippen LogP contribution is -2.46. The van der Waals surface area contributed by atoms with E-state index in [1.165, 1.54) is 38.8 Å². The van der Waals surface area contributed by atoms with E-state index in [0.717, 1.165) is 25.6 Å². The average molecular weight is 238 g/mol. The maximum Gasteiger partial charge on any atom is 0.191 e. The van der Waals surface area contributed by atoms with E-state index in [9.17, 15) is 0 Å². The molecule has 0 aromatic carbocycles. The molecule has 0 amide bonds. The van der Waals surface area contributed by atoms with Gasteiger partial charge in [-0.25, -0.2) is 0 Å². The van der Waals surface area contributed by atoms with E-state index in [1.54, 1.807) is 0 Å². The Morgan fingerprint density at radius 2 is 2.12 bits per heavy atom. The van der Waals surface area contributed by atoms with Crippen molar-refractivity contribution in [2.45, 2.75) is 32.6 Å². The van der Waals surface area contributed by atoms with Gasteiger partial charge in [0.2, 0.25) is 0 Å². The SMILES string of the molecule is CN1CCC(C)(CNC2=NCCCCN2)CC1. The van der Waals surface area contributed by atoms with Crippen molar-refractivity contribution in [1.82, 2.24) is 15.5 Å². The number of hydrogen-bond acceptors (Lipinski definition) is 4. The summed E-state index contributed by atoms with van der Waals surface area (Å²) in [5, 5.41) is 6.88. The molecule has 0 bridgehead atoms. The molecule has 2 N–H and O–H groups in total. The Bertz CT molecular complexity index is 267. The van der Waals surface area contributed by atoms with Crippen molar-refractivity contribution in [3.8, 4) is 0 Å². The van der Waals surface area contributed by atoms with Crippen LogP contribution >= 0.6 is 0 Å². The van der Waals surface area contributed by atoms with Gasteiger partial charge in [0.15, 0.2) is 5.96 Å². The molecule has 4 nitrogen and oxygen atoms in total. The van der Waals surface area contributed by atoms with E-state index in [-0.39, 0.29) is 0 Å². The molecule has 0 aromatic rings. The average Bonchev–Trinajstić information content (AvgIpc) is 2.60. The van der Waals surface area contributed by atoms with Gasteiger partial charge in [0, 0.05) is 19.6 Å². The zero-order valence-electron chi connectivity index (χ0n) is 11.3. The predicted octanol–water partition coefficient (Wildman–Crippen LogP) is 1.05. The Morgan fingerprint density at radius 3 is 2.88 bits per heavy atom. The fraction of sp³-hybridized carbons (Fsp3) is 0.923. The van der Waals surface area contributed by atoms with Crippen molar-refractivity contribution in [2.75, 3.05) is 39.8 Å². The van der Waals surface area contributed by atoms with Gasteiger partial charge in [-0.05, 0) is 51.2 Å². The third-order valence-electron chi connectivity index (χ3n) is 4.02. The Labute approximate surface area is 105 Å². The molecule has 2 aliphatic heterocycles. The Hall–Kier alpha value is -0.770. The van der Waals surface area contributed by atoms with Gasteiger partial charge < -0.3 is 15.5 Å². The third kappa shape index (κ3) is 3.87. The van der Waals surface area contributed by atoms with Gasteiger partial charge >= 0.3 is 0 Å². The Balaban J connectivity index is 1.78. The van der Waals surface area contributed by atoms with Gasteiger partial charge in [0.05, 0.1) is 0 Å². The number of nitrogens with one attached hydrogen (secondary N) is 2. The fourth-order valence-corrected chi connectivity index (χ4v) is 2.44. The van der Waals surface area contributed by atoms with Gasteiger partial charge in [0.1, 0.15) is 0 Å². The van der Waals surface area contributed by atoms with E-state index >= 15 is 0 Å². The lowest BCUT2D eigenvalue weighted by molar-refractivity contribution is 0.142. The lowest BCUT2D eigenvalue weighted by Gasteiger charge is -2.38. The molecule has 0 spiro atoms. The summed E-state index contributed by atoms with van der Waals surface area (Å²) in [5.74, 6) is 1.02. The number of likely N-dealkylation sites (tertiary alicyclic amines) is 1. The lowest BCUT2D eigenvalue weighted by atomic mass is 9.80. The Morgan fingerprint density at radius 1 is 1.35 bits per heavy atom. The van der Waals surface area contributed by atoms with Crippen LogP contribution in [0.2, 0.25) is 0 Å². The van der Waals surface area contributed by atoms with Crippen molar-refractivity contribution >= 4 is 5.96 Å². The quantitative estimate of drug-likeness (QED) is 0.755. The first-order chi connectivity index (χ1) is 8.18. The minimum Gasteiger partial charge on any atom is -0.356 e. The van der Waals surface area contributed by atoms with Crippen LogP contribution in [0.3, 0.4) is 0 Å². The highest BCUT2D eigenvalue weighted by Gasteiger charge is 2.28. The first kappa shape index (κ1) is 12.7. The summed E-state index contributed by atoms with van der Waals surface area (Å²) < 4.78 is 0. The molecular weight excluding hydrogens is 212 g/mol. The van der Waals surface area contributed by atoms with Gasteiger partial charge in [-0.15, -0.1) is 0 Å². The fourth-order valence-electron chi connectivity index (χ4n) is 2.44. The van der Waals surface area contributed by atoms with Gasteiger partial charge in [-0.2, -0.15) is 0 Å². The number of hydrogen-bond donors (Lipinski definition) is 2. The minimum atomic E-state index is 0.434. The van der Waals surface area contributed by atoms with Crippen LogP contribution in [0.1, 0.15) is 32.6 Å². The summed E-state index contributed by atoms with van der Waals surface area (Å²) in [5.41, 5.74) is 0.434. The van der Waals surface area contributed by atoms with E-state index < -0.39 is 0 Å². The van der Waals surface area contributed by atoms with Crippen LogP contribution in [-0.2, 0) is 0 Å². The normalized spacial score (nSPS) is 25.6. The van der Waals surface area contributed by atoms with E-state index in [4.69, 9.17) is 0 Å². The van der Waals surface area contributed by atoms with Crippen molar-refractivity contribution in [3.63, 3.8) is 0 Å². The van der Waals surface area contributed by atoms with Gasteiger partial charge in [0.25, 0.3) is 0 Å². The van der Waals surface area contributed by atoms with E-state index in [1.807, 2.05) is 0 Å². The second-order valence-corrected chi connectivity index (χ2v) is 5.83.